The molecule has 1 aliphatic heterocycles. The second-order valence-electron chi connectivity index (χ2n) is 3.85. The summed E-state index contributed by atoms with van der Waals surface area (Å²) in [7, 11) is 0. The van der Waals surface area contributed by atoms with Crippen LogP contribution in [0.5, 0.6) is 0 Å². The van der Waals surface area contributed by atoms with Crippen molar-refractivity contribution in [3.8, 4) is 0 Å². The predicted octanol–water partition coefficient (Wildman–Crippen LogP) is 2.83. The summed E-state index contributed by atoms with van der Waals surface area (Å²) in [5.74, 6) is 0. The van der Waals surface area contributed by atoms with Gasteiger partial charge in [-0.1, -0.05) is 11.6 Å². The highest BCUT2D eigenvalue weighted by Crippen LogP contribution is 2.32. The SMILES string of the molecule is Cc1cc(N2CCCC2)c(Cl)cc1N. The van der Waals surface area contributed by atoms with E-state index in [2.05, 4.69) is 11.0 Å². The minimum Gasteiger partial charge on any atom is -0.398 e. The van der Waals surface area contributed by atoms with E-state index in [1.165, 1.54) is 12.8 Å². The first-order chi connectivity index (χ1) is 6.68. The zero-order valence-electron chi connectivity index (χ0n) is 8.39. The van der Waals surface area contributed by atoms with Gasteiger partial charge in [-0.25, -0.2) is 0 Å². The summed E-state index contributed by atoms with van der Waals surface area (Å²) in [6.45, 7) is 4.25. The number of nitrogens with zero attached hydrogens (tertiary/aromatic N) is 1. The molecule has 1 saturated heterocycles. The lowest BCUT2D eigenvalue weighted by atomic mass is 10.1. The molecule has 0 saturated carbocycles. The van der Waals surface area contributed by atoms with Crippen molar-refractivity contribution < 1.29 is 0 Å². The molecule has 2 rings (SSSR count). The summed E-state index contributed by atoms with van der Waals surface area (Å²) in [5, 5.41) is 0.773. The lowest BCUT2D eigenvalue weighted by Crippen LogP contribution is -2.18. The maximum absolute atomic E-state index is 6.16. The smallest absolute Gasteiger partial charge is 0.0660 e. The van der Waals surface area contributed by atoms with Gasteiger partial charge in [0.2, 0.25) is 0 Å². The Bertz CT molecular complexity index is 343. The fourth-order valence-electron chi connectivity index (χ4n) is 1.88. The lowest BCUT2D eigenvalue weighted by Gasteiger charge is -2.20. The normalized spacial score (nSPS) is 16.3. The molecule has 0 atom stereocenters. The van der Waals surface area contributed by atoms with Crippen LogP contribution in [-0.2, 0) is 0 Å². The third-order valence-electron chi connectivity index (χ3n) is 2.78. The van der Waals surface area contributed by atoms with E-state index in [1.54, 1.807) is 0 Å². The van der Waals surface area contributed by atoms with E-state index in [9.17, 15) is 0 Å². The van der Waals surface area contributed by atoms with Crippen molar-refractivity contribution in [1.29, 1.82) is 0 Å². The van der Waals surface area contributed by atoms with Gasteiger partial charge in [0.05, 0.1) is 10.7 Å². The number of halogens is 1. The number of aryl methyl sites for hydroxylation is 1. The van der Waals surface area contributed by atoms with Gasteiger partial charge < -0.3 is 10.6 Å². The number of anilines is 2. The van der Waals surface area contributed by atoms with E-state index in [1.807, 2.05) is 13.0 Å². The van der Waals surface area contributed by atoms with Crippen LogP contribution >= 0.6 is 11.6 Å². The number of hydrogen-bond acceptors (Lipinski definition) is 2. The highest BCUT2D eigenvalue weighted by atomic mass is 35.5. The fourth-order valence-corrected chi connectivity index (χ4v) is 2.17. The quantitative estimate of drug-likeness (QED) is 0.723. The van der Waals surface area contributed by atoms with Crippen molar-refractivity contribution in [1.82, 2.24) is 0 Å². The molecule has 1 aromatic carbocycles. The van der Waals surface area contributed by atoms with Gasteiger partial charge in [0.15, 0.2) is 0 Å². The molecule has 0 unspecified atom stereocenters. The first-order valence-electron chi connectivity index (χ1n) is 4.99. The molecule has 0 aliphatic carbocycles. The van der Waals surface area contributed by atoms with Crippen LogP contribution in [0.25, 0.3) is 0 Å². The number of hydrogen-bond donors (Lipinski definition) is 1. The van der Waals surface area contributed by atoms with Crippen molar-refractivity contribution in [3.05, 3.63) is 22.7 Å². The Labute approximate surface area is 89.7 Å². The van der Waals surface area contributed by atoms with Crippen LogP contribution in [0, 0.1) is 6.92 Å². The summed E-state index contributed by atoms with van der Waals surface area (Å²) in [4.78, 5) is 2.33. The molecule has 1 aliphatic rings. The van der Waals surface area contributed by atoms with E-state index in [4.69, 9.17) is 17.3 Å². The van der Waals surface area contributed by atoms with Crippen LogP contribution < -0.4 is 10.6 Å². The predicted molar refractivity (Wildman–Crippen MR) is 62.0 cm³/mol. The van der Waals surface area contributed by atoms with Crippen LogP contribution in [0.1, 0.15) is 18.4 Å². The molecule has 0 bridgehead atoms. The molecule has 1 heterocycles. The van der Waals surface area contributed by atoms with Gasteiger partial charge in [-0.3, -0.25) is 0 Å². The first-order valence-corrected chi connectivity index (χ1v) is 5.37. The molecule has 1 fully saturated rings. The maximum atomic E-state index is 6.16. The standard InChI is InChI=1S/C11H15ClN2/c1-8-6-11(9(12)7-10(8)13)14-4-2-3-5-14/h6-7H,2-5,13H2,1H3. The lowest BCUT2D eigenvalue weighted by molar-refractivity contribution is 0.949. The summed E-state index contributed by atoms with van der Waals surface area (Å²) in [6.07, 6.45) is 2.53. The van der Waals surface area contributed by atoms with Crippen molar-refractivity contribution in [2.24, 2.45) is 0 Å². The Morgan fingerprint density at radius 3 is 2.57 bits per heavy atom. The Morgan fingerprint density at radius 2 is 1.93 bits per heavy atom. The van der Waals surface area contributed by atoms with Crippen LogP contribution in [-0.4, -0.2) is 13.1 Å². The van der Waals surface area contributed by atoms with Crippen LogP contribution in [0.4, 0.5) is 11.4 Å². The molecular formula is C11H15ClN2. The molecule has 0 spiro atoms. The van der Waals surface area contributed by atoms with Crippen molar-refractivity contribution in [2.75, 3.05) is 23.7 Å². The van der Waals surface area contributed by atoms with Gasteiger partial charge in [-0.05, 0) is 37.5 Å². The third-order valence-corrected chi connectivity index (χ3v) is 3.08. The van der Waals surface area contributed by atoms with E-state index >= 15 is 0 Å². The molecule has 2 N–H and O–H groups in total. The first kappa shape index (κ1) is 9.66. The van der Waals surface area contributed by atoms with Crippen molar-refractivity contribution in [3.63, 3.8) is 0 Å². The molecule has 0 amide bonds. The highest BCUT2D eigenvalue weighted by molar-refractivity contribution is 6.33. The maximum Gasteiger partial charge on any atom is 0.0660 e. The summed E-state index contributed by atoms with van der Waals surface area (Å²) < 4.78 is 0. The molecule has 0 radical (unpaired) electrons. The average Bonchev–Trinajstić information content (AvgIpc) is 2.64. The van der Waals surface area contributed by atoms with Gasteiger partial charge in [0, 0.05) is 18.8 Å². The largest absolute Gasteiger partial charge is 0.398 e. The van der Waals surface area contributed by atoms with E-state index in [0.717, 1.165) is 35.1 Å². The number of rotatable bonds is 1. The molecule has 0 aromatic heterocycles. The fraction of sp³-hybridized carbons (Fsp3) is 0.455. The summed E-state index contributed by atoms with van der Waals surface area (Å²) in [5.41, 5.74) is 8.80. The second kappa shape index (κ2) is 3.70. The molecule has 1 aromatic rings. The van der Waals surface area contributed by atoms with Gasteiger partial charge in [0.1, 0.15) is 0 Å². The minimum absolute atomic E-state index is 0.773. The molecule has 14 heavy (non-hydrogen) atoms. The van der Waals surface area contributed by atoms with Gasteiger partial charge in [0.25, 0.3) is 0 Å². The molecule has 2 nitrogen and oxygen atoms in total. The van der Waals surface area contributed by atoms with Crippen LogP contribution in [0.2, 0.25) is 5.02 Å². The summed E-state index contributed by atoms with van der Waals surface area (Å²) >= 11 is 6.16. The van der Waals surface area contributed by atoms with Gasteiger partial charge in [-0.2, -0.15) is 0 Å². The second-order valence-corrected chi connectivity index (χ2v) is 4.26. The van der Waals surface area contributed by atoms with Crippen molar-refractivity contribution in [2.45, 2.75) is 19.8 Å². The Hall–Kier alpha value is -0.890. The number of nitrogen functional groups attached to an aromatic ring is 1. The Kier molecular flexibility index (Phi) is 2.55. The molecule has 76 valence electrons. The number of benzene rings is 1. The van der Waals surface area contributed by atoms with Crippen molar-refractivity contribution >= 4 is 23.0 Å². The Morgan fingerprint density at radius 1 is 1.29 bits per heavy atom. The van der Waals surface area contributed by atoms with E-state index < -0.39 is 0 Å². The van der Waals surface area contributed by atoms with Gasteiger partial charge >= 0.3 is 0 Å². The van der Waals surface area contributed by atoms with E-state index in [0.29, 0.717) is 0 Å². The van der Waals surface area contributed by atoms with Gasteiger partial charge in [-0.15, -0.1) is 0 Å². The third kappa shape index (κ3) is 1.67. The Balaban J connectivity index is 2.37. The number of nitrogens with two attached hydrogens (primary N) is 1. The zero-order valence-corrected chi connectivity index (χ0v) is 9.14. The molecule has 3 heteroatoms. The monoisotopic (exact) mass is 210 g/mol. The van der Waals surface area contributed by atoms with Crippen LogP contribution in [0.3, 0.4) is 0 Å². The zero-order chi connectivity index (χ0) is 10.1. The summed E-state index contributed by atoms with van der Waals surface area (Å²) in [6, 6.07) is 3.94. The topological polar surface area (TPSA) is 29.3 Å². The molecular weight excluding hydrogens is 196 g/mol. The average molecular weight is 211 g/mol. The highest BCUT2D eigenvalue weighted by Gasteiger charge is 2.15. The minimum atomic E-state index is 0.773. The van der Waals surface area contributed by atoms with E-state index in [-0.39, 0.29) is 0 Å². The van der Waals surface area contributed by atoms with Crippen LogP contribution in [0.15, 0.2) is 12.1 Å².